The topological polar surface area (TPSA) is 85.2 Å². The lowest BCUT2D eigenvalue weighted by Crippen LogP contribution is -2.36. The average molecular weight is 378 g/mol. The van der Waals surface area contributed by atoms with Crippen molar-refractivity contribution < 1.29 is 9.53 Å². The van der Waals surface area contributed by atoms with Crippen LogP contribution in [0.3, 0.4) is 0 Å². The fourth-order valence-corrected chi connectivity index (χ4v) is 3.51. The number of aromatic nitrogens is 4. The van der Waals surface area contributed by atoms with Crippen molar-refractivity contribution in [2.24, 2.45) is 0 Å². The molecule has 1 aliphatic heterocycles. The summed E-state index contributed by atoms with van der Waals surface area (Å²) in [5.74, 6) is 0.795. The highest BCUT2D eigenvalue weighted by Gasteiger charge is 2.24. The Kier molecular flexibility index (Phi) is 4.20. The molecule has 2 aromatic heterocycles. The van der Waals surface area contributed by atoms with E-state index in [0.29, 0.717) is 24.8 Å². The molecule has 8 nitrogen and oxygen atoms in total. The zero-order valence-electron chi connectivity index (χ0n) is 15.8. The number of fused-ring (bicyclic) bond motifs is 1. The third kappa shape index (κ3) is 3.09. The fourth-order valence-electron chi connectivity index (χ4n) is 3.51. The minimum absolute atomic E-state index is 0.0307. The summed E-state index contributed by atoms with van der Waals surface area (Å²) in [7, 11) is 0. The van der Waals surface area contributed by atoms with Crippen molar-refractivity contribution in [3.63, 3.8) is 0 Å². The Morgan fingerprint density at radius 1 is 1.18 bits per heavy atom. The molecule has 1 saturated carbocycles. The van der Waals surface area contributed by atoms with Gasteiger partial charge in [-0.1, -0.05) is 6.07 Å². The number of rotatable bonds is 4. The molecule has 1 N–H and O–H groups in total. The number of anilines is 1. The molecular weight excluding hydrogens is 356 g/mol. The van der Waals surface area contributed by atoms with E-state index in [1.165, 1.54) is 0 Å². The predicted molar refractivity (Wildman–Crippen MR) is 105 cm³/mol. The largest absolute Gasteiger partial charge is 0.378 e. The summed E-state index contributed by atoms with van der Waals surface area (Å²) < 4.78 is 7.38. The third-order valence-corrected chi connectivity index (χ3v) is 5.27. The maximum absolute atomic E-state index is 12.5. The molecule has 1 aliphatic carbocycles. The standard InChI is InChI=1S/C20H22N6O2/c1-13-2-3-14(20(27)24-15-4-5-15)10-16(13)26-12-23-17-18(21-11-22-19(17)26)25-6-8-28-9-7-25/h2-3,10-12,15H,4-9H2,1H3,(H,24,27). The summed E-state index contributed by atoms with van der Waals surface area (Å²) in [6, 6.07) is 6.07. The molecular formula is C20H22N6O2. The van der Waals surface area contributed by atoms with Crippen LogP contribution in [0.5, 0.6) is 0 Å². The quantitative estimate of drug-likeness (QED) is 0.746. The SMILES string of the molecule is Cc1ccc(C(=O)NC2CC2)cc1-n1cnc2c(N3CCOCC3)ncnc21. The molecule has 0 atom stereocenters. The van der Waals surface area contributed by atoms with Crippen molar-refractivity contribution in [3.05, 3.63) is 42.0 Å². The van der Waals surface area contributed by atoms with Crippen LogP contribution in [0.4, 0.5) is 5.82 Å². The van der Waals surface area contributed by atoms with Crippen LogP contribution in [-0.4, -0.2) is 57.8 Å². The Morgan fingerprint density at radius 2 is 2.00 bits per heavy atom. The van der Waals surface area contributed by atoms with E-state index in [2.05, 4.69) is 25.2 Å². The normalized spacial score (nSPS) is 17.1. The van der Waals surface area contributed by atoms with Crippen molar-refractivity contribution in [1.29, 1.82) is 0 Å². The van der Waals surface area contributed by atoms with Gasteiger partial charge in [-0.2, -0.15) is 0 Å². The molecule has 0 radical (unpaired) electrons. The Balaban J connectivity index is 1.55. The Morgan fingerprint density at radius 3 is 2.79 bits per heavy atom. The third-order valence-electron chi connectivity index (χ3n) is 5.27. The van der Waals surface area contributed by atoms with E-state index < -0.39 is 0 Å². The van der Waals surface area contributed by atoms with Crippen LogP contribution >= 0.6 is 0 Å². The molecule has 144 valence electrons. The number of nitrogens with zero attached hydrogens (tertiary/aromatic N) is 5. The number of hydrogen-bond acceptors (Lipinski definition) is 6. The van der Waals surface area contributed by atoms with Crippen LogP contribution in [0.2, 0.25) is 0 Å². The summed E-state index contributed by atoms with van der Waals surface area (Å²) in [4.78, 5) is 28.2. The summed E-state index contributed by atoms with van der Waals surface area (Å²) in [6.45, 7) is 4.96. The molecule has 28 heavy (non-hydrogen) atoms. The number of ether oxygens (including phenoxy) is 1. The molecule has 1 saturated heterocycles. The van der Waals surface area contributed by atoms with Gasteiger partial charge in [0.15, 0.2) is 17.0 Å². The van der Waals surface area contributed by atoms with Gasteiger partial charge in [0.25, 0.3) is 5.91 Å². The van der Waals surface area contributed by atoms with Crippen LogP contribution in [0, 0.1) is 6.92 Å². The number of carbonyl (C=O) groups is 1. The maximum atomic E-state index is 12.5. The molecule has 2 fully saturated rings. The number of amides is 1. The second-order valence-electron chi connectivity index (χ2n) is 7.33. The van der Waals surface area contributed by atoms with Gasteiger partial charge in [0.05, 0.1) is 18.9 Å². The van der Waals surface area contributed by atoms with E-state index in [4.69, 9.17) is 4.74 Å². The minimum atomic E-state index is -0.0307. The Hall–Kier alpha value is -3.00. The minimum Gasteiger partial charge on any atom is -0.378 e. The van der Waals surface area contributed by atoms with Crippen molar-refractivity contribution >= 4 is 22.9 Å². The number of hydrogen-bond donors (Lipinski definition) is 1. The maximum Gasteiger partial charge on any atom is 0.251 e. The first-order valence-corrected chi connectivity index (χ1v) is 9.63. The zero-order valence-corrected chi connectivity index (χ0v) is 15.8. The molecule has 3 heterocycles. The fraction of sp³-hybridized carbons (Fsp3) is 0.400. The lowest BCUT2D eigenvalue weighted by Gasteiger charge is -2.27. The van der Waals surface area contributed by atoms with Crippen LogP contribution in [0.15, 0.2) is 30.9 Å². The van der Waals surface area contributed by atoms with Crippen LogP contribution < -0.4 is 10.2 Å². The molecule has 3 aromatic rings. The van der Waals surface area contributed by atoms with Crippen molar-refractivity contribution in [1.82, 2.24) is 24.8 Å². The van der Waals surface area contributed by atoms with Gasteiger partial charge in [0.1, 0.15) is 12.7 Å². The van der Waals surface area contributed by atoms with E-state index in [1.54, 1.807) is 12.7 Å². The first-order valence-electron chi connectivity index (χ1n) is 9.63. The number of benzene rings is 1. The summed E-state index contributed by atoms with van der Waals surface area (Å²) in [5, 5.41) is 3.04. The van der Waals surface area contributed by atoms with Gasteiger partial charge in [0, 0.05) is 24.7 Å². The van der Waals surface area contributed by atoms with E-state index in [0.717, 1.165) is 54.2 Å². The summed E-state index contributed by atoms with van der Waals surface area (Å²) in [5.41, 5.74) is 4.10. The molecule has 0 bridgehead atoms. The van der Waals surface area contributed by atoms with Gasteiger partial charge in [0.2, 0.25) is 0 Å². The molecule has 0 unspecified atom stereocenters. The molecule has 1 aromatic carbocycles. The Labute approximate surface area is 162 Å². The number of carbonyl (C=O) groups excluding carboxylic acids is 1. The smallest absolute Gasteiger partial charge is 0.251 e. The summed E-state index contributed by atoms with van der Waals surface area (Å²) in [6.07, 6.45) is 5.47. The van der Waals surface area contributed by atoms with Crippen LogP contribution in [0.25, 0.3) is 16.9 Å². The number of aryl methyl sites for hydroxylation is 1. The highest BCUT2D eigenvalue weighted by molar-refractivity contribution is 5.95. The van der Waals surface area contributed by atoms with Gasteiger partial charge in [-0.25, -0.2) is 15.0 Å². The predicted octanol–water partition coefficient (Wildman–Crippen LogP) is 1.85. The first-order chi connectivity index (χ1) is 13.7. The van der Waals surface area contributed by atoms with Gasteiger partial charge >= 0.3 is 0 Å². The second-order valence-corrected chi connectivity index (χ2v) is 7.33. The lowest BCUT2D eigenvalue weighted by molar-refractivity contribution is 0.0951. The van der Waals surface area contributed by atoms with Gasteiger partial charge in [-0.05, 0) is 37.5 Å². The lowest BCUT2D eigenvalue weighted by atomic mass is 10.1. The van der Waals surface area contributed by atoms with Crippen molar-refractivity contribution in [2.75, 3.05) is 31.2 Å². The number of morpholine rings is 1. The second kappa shape index (κ2) is 6.87. The number of nitrogens with one attached hydrogen (secondary N) is 1. The van der Waals surface area contributed by atoms with E-state index >= 15 is 0 Å². The molecule has 5 rings (SSSR count). The zero-order chi connectivity index (χ0) is 19.1. The molecule has 8 heteroatoms. The van der Waals surface area contributed by atoms with E-state index in [-0.39, 0.29) is 5.91 Å². The van der Waals surface area contributed by atoms with Crippen LogP contribution in [-0.2, 0) is 4.74 Å². The van der Waals surface area contributed by atoms with Crippen molar-refractivity contribution in [2.45, 2.75) is 25.8 Å². The van der Waals surface area contributed by atoms with Crippen molar-refractivity contribution in [3.8, 4) is 5.69 Å². The summed E-state index contributed by atoms with van der Waals surface area (Å²) >= 11 is 0. The van der Waals surface area contributed by atoms with Gasteiger partial charge < -0.3 is 15.0 Å². The van der Waals surface area contributed by atoms with E-state index in [1.807, 2.05) is 29.7 Å². The highest BCUT2D eigenvalue weighted by atomic mass is 16.5. The van der Waals surface area contributed by atoms with E-state index in [9.17, 15) is 4.79 Å². The monoisotopic (exact) mass is 378 g/mol. The van der Waals surface area contributed by atoms with Crippen LogP contribution in [0.1, 0.15) is 28.8 Å². The molecule has 2 aliphatic rings. The van der Waals surface area contributed by atoms with Gasteiger partial charge in [-0.15, -0.1) is 0 Å². The highest BCUT2D eigenvalue weighted by Crippen LogP contribution is 2.26. The first kappa shape index (κ1) is 17.1. The Bertz CT molecular complexity index is 1040. The molecule has 1 amide bonds. The molecule has 0 spiro atoms. The van der Waals surface area contributed by atoms with Gasteiger partial charge in [-0.3, -0.25) is 9.36 Å². The number of imidazole rings is 1. The average Bonchev–Trinajstić information content (AvgIpc) is 3.44.